The molecular weight excluding hydrogens is 453 g/mol. The molecule has 33 heavy (non-hydrogen) atoms. The molecule has 0 bridgehead atoms. The highest BCUT2D eigenvalue weighted by atomic mass is 32.2. The summed E-state index contributed by atoms with van der Waals surface area (Å²) in [7, 11) is 1.80. The first-order valence-corrected chi connectivity index (χ1v) is 11.5. The molecule has 1 aliphatic carbocycles. The molecule has 1 fully saturated rings. The molecule has 6 nitrogen and oxygen atoms in total. The molecule has 0 radical (unpaired) electrons. The van der Waals surface area contributed by atoms with E-state index in [1.165, 1.54) is 25.0 Å². The van der Waals surface area contributed by atoms with E-state index in [9.17, 15) is 18.0 Å². The Morgan fingerprint density at radius 2 is 1.88 bits per heavy atom. The number of ether oxygens (including phenoxy) is 1. The zero-order valence-electron chi connectivity index (χ0n) is 17.9. The van der Waals surface area contributed by atoms with E-state index < -0.39 is 17.6 Å². The van der Waals surface area contributed by atoms with Crippen LogP contribution in [0.1, 0.15) is 31.2 Å². The van der Waals surface area contributed by atoms with Crippen molar-refractivity contribution < 1.29 is 22.7 Å². The normalized spacial score (nSPS) is 14.4. The van der Waals surface area contributed by atoms with Crippen LogP contribution in [0.15, 0.2) is 53.7 Å². The average Bonchev–Trinajstić information content (AvgIpc) is 3.42. The second-order valence-corrected chi connectivity index (χ2v) is 8.77. The van der Waals surface area contributed by atoms with Crippen LogP contribution in [0.25, 0.3) is 11.4 Å². The van der Waals surface area contributed by atoms with Gasteiger partial charge in [0.05, 0.1) is 17.4 Å². The number of hydrogen-bond donors (Lipinski definition) is 1. The second-order valence-electron chi connectivity index (χ2n) is 7.83. The van der Waals surface area contributed by atoms with Crippen molar-refractivity contribution in [3.05, 3.63) is 54.1 Å². The van der Waals surface area contributed by atoms with Crippen molar-refractivity contribution in [2.24, 2.45) is 7.05 Å². The molecule has 1 saturated carbocycles. The van der Waals surface area contributed by atoms with Gasteiger partial charge in [0.15, 0.2) is 11.0 Å². The van der Waals surface area contributed by atoms with Gasteiger partial charge < -0.3 is 14.6 Å². The summed E-state index contributed by atoms with van der Waals surface area (Å²) in [5, 5.41) is 11.4. The van der Waals surface area contributed by atoms with Crippen LogP contribution >= 0.6 is 11.8 Å². The Labute approximate surface area is 193 Å². The van der Waals surface area contributed by atoms with Gasteiger partial charge in [-0.15, -0.1) is 10.2 Å². The SMILES string of the molecule is Cn1c(SCC(=O)Nc2cccc(C(F)(F)F)c2)nnc1-c1ccc(OC2CCCC2)cc1. The van der Waals surface area contributed by atoms with E-state index >= 15 is 0 Å². The van der Waals surface area contributed by atoms with Gasteiger partial charge in [-0.2, -0.15) is 13.2 Å². The van der Waals surface area contributed by atoms with Crippen LogP contribution in [0.5, 0.6) is 5.75 Å². The van der Waals surface area contributed by atoms with E-state index in [0.717, 1.165) is 48.0 Å². The predicted octanol–water partition coefficient (Wildman–Crippen LogP) is 5.55. The van der Waals surface area contributed by atoms with E-state index in [4.69, 9.17) is 4.74 Å². The number of benzene rings is 2. The summed E-state index contributed by atoms with van der Waals surface area (Å²) in [5.74, 6) is 1.02. The van der Waals surface area contributed by atoms with Gasteiger partial charge in [0.2, 0.25) is 5.91 Å². The first-order chi connectivity index (χ1) is 15.8. The largest absolute Gasteiger partial charge is 0.490 e. The monoisotopic (exact) mass is 476 g/mol. The quantitative estimate of drug-likeness (QED) is 0.453. The molecule has 1 amide bonds. The van der Waals surface area contributed by atoms with Gasteiger partial charge in [0.1, 0.15) is 5.75 Å². The Hall–Kier alpha value is -3.01. The molecule has 0 spiro atoms. The summed E-state index contributed by atoms with van der Waals surface area (Å²) in [6.45, 7) is 0. The summed E-state index contributed by atoms with van der Waals surface area (Å²) in [4.78, 5) is 12.2. The number of nitrogens with one attached hydrogen (secondary N) is 1. The van der Waals surface area contributed by atoms with E-state index in [1.54, 1.807) is 11.6 Å². The van der Waals surface area contributed by atoms with Crippen LogP contribution in [-0.4, -0.2) is 32.5 Å². The number of thioether (sulfide) groups is 1. The maximum Gasteiger partial charge on any atom is 0.416 e. The minimum atomic E-state index is -4.47. The lowest BCUT2D eigenvalue weighted by molar-refractivity contribution is -0.137. The maximum atomic E-state index is 12.8. The molecule has 10 heteroatoms. The number of anilines is 1. The summed E-state index contributed by atoms with van der Waals surface area (Å²) in [6.07, 6.45) is 0.418. The highest BCUT2D eigenvalue weighted by Crippen LogP contribution is 2.31. The molecule has 0 saturated heterocycles. The Balaban J connectivity index is 1.35. The molecule has 0 unspecified atom stereocenters. The van der Waals surface area contributed by atoms with Gasteiger partial charge in [-0.05, 0) is 68.1 Å². The van der Waals surface area contributed by atoms with Gasteiger partial charge in [-0.1, -0.05) is 17.8 Å². The van der Waals surface area contributed by atoms with Crippen molar-refractivity contribution >= 4 is 23.4 Å². The van der Waals surface area contributed by atoms with Crippen LogP contribution in [0, 0.1) is 0 Å². The first-order valence-electron chi connectivity index (χ1n) is 10.6. The third kappa shape index (κ3) is 5.87. The van der Waals surface area contributed by atoms with Crippen LogP contribution in [0.4, 0.5) is 18.9 Å². The molecule has 1 aliphatic rings. The van der Waals surface area contributed by atoms with Gasteiger partial charge in [0, 0.05) is 18.3 Å². The topological polar surface area (TPSA) is 69.0 Å². The fourth-order valence-electron chi connectivity index (χ4n) is 3.67. The minimum Gasteiger partial charge on any atom is -0.490 e. The number of amides is 1. The lowest BCUT2D eigenvalue weighted by Crippen LogP contribution is -2.15. The summed E-state index contributed by atoms with van der Waals surface area (Å²) in [5.41, 5.74) is 0.142. The van der Waals surface area contributed by atoms with Crippen LogP contribution in [0.2, 0.25) is 0 Å². The van der Waals surface area contributed by atoms with Crippen molar-refractivity contribution in [1.29, 1.82) is 0 Å². The molecule has 0 aliphatic heterocycles. The van der Waals surface area contributed by atoms with Crippen molar-refractivity contribution in [3.8, 4) is 17.1 Å². The third-order valence-corrected chi connectivity index (χ3v) is 6.38. The van der Waals surface area contributed by atoms with Gasteiger partial charge in [-0.3, -0.25) is 4.79 Å². The fraction of sp³-hybridized carbons (Fsp3) is 0.348. The van der Waals surface area contributed by atoms with Gasteiger partial charge in [-0.25, -0.2) is 0 Å². The van der Waals surface area contributed by atoms with E-state index in [-0.39, 0.29) is 17.5 Å². The molecule has 3 aromatic rings. The minimum absolute atomic E-state index is 0.0175. The number of nitrogens with zero attached hydrogens (tertiary/aromatic N) is 3. The molecule has 0 atom stereocenters. The van der Waals surface area contributed by atoms with E-state index in [1.807, 2.05) is 24.3 Å². The highest BCUT2D eigenvalue weighted by molar-refractivity contribution is 7.99. The molecule has 2 aromatic carbocycles. The van der Waals surface area contributed by atoms with E-state index in [0.29, 0.717) is 11.0 Å². The number of carbonyl (C=O) groups is 1. The fourth-order valence-corrected chi connectivity index (χ4v) is 4.38. The van der Waals surface area contributed by atoms with Crippen LogP contribution < -0.4 is 10.1 Å². The maximum absolute atomic E-state index is 12.8. The first kappa shape index (κ1) is 23.2. The number of hydrogen-bond acceptors (Lipinski definition) is 5. The van der Waals surface area contributed by atoms with Crippen LogP contribution in [0.3, 0.4) is 0 Å². The van der Waals surface area contributed by atoms with Crippen molar-refractivity contribution in [2.45, 2.75) is 43.1 Å². The van der Waals surface area contributed by atoms with Crippen molar-refractivity contribution in [2.75, 3.05) is 11.1 Å². The Morgan fingerprint density at radius 1 is 1.15 bits per heavy atom. The standard InChI is InChI=1S/C23H23F3N4O2S/c1-30-21(15-9-11-19(12-10-15)32-18-7-2-3-8-18)28-29-22(30)33-14-20(31)27-17-6-4-5-16(13-17)23(24,25)26/h4-6,9-13,18H,2-3,7-8,14H2,1H3,(H,27,31). The predicted molar refractivity (Wildman–Crippen MR) is 120 cm³/mol. The summed E-state index contributed by atoms with van der Waals surface area (Å²) >= 11 is 1.15. The zero-order valence-corrected chi connectivity index (χ0v) is 18.7. The van der Waals surface area contributed by atoms with E-state index in [2.05, 4.69) is 15.5 Å². The summed E-state index contributed by atoms with van der Waals surface area (Å²) in [6, 6.07) is 12.2. The Kier molecular flexibility index (Phi) is 6.92. The number of rotatable bonds is 7. The number of halogens is 3. The number of carbonyl (C=O) groups excluding carboxylic acids is 1. The average molecular weight is 477 g/mol. The van der Waals surface area contributed by atoms with Crippen molar-refractivity contribution in [3.63, 3.8) is 0 Å². The smallest absolute Gasteiger partial charge is 0.416 e. The highest BCUT2D eigenvalue weighted by Gasteiger charge is 2.30. The molecule has 4 rings (SSSR count). The molecule has 1 aromatic heterocycles. The zero-order chi connectivity index (χ0) is 23.4. The Bertz CT molecular complexity index is 1110. The Morgan fingerprint density at radius 3 is 2.58 bits per heavy atom. The number of alkyl halides is 3. The third-order valence-electron chi connectivity index (χ3n) is 5.36. The van der Waals surface area contributed by atoms with Gasteiger partial charge >= 0.3 is 6.18 Å². The van der Waals surface area contributed by atoms with Gasteiger partial charge in [0.25, 0.3) is 0 Å². The molecule has 174 valence electrons. The summed E-state index contributed by atoms with van der Waals surface area (Å²) < 4.78 is 46.3. The second kappa shape index (κ2) is 9.86. The lowest BCUT2D eigenvalue weighted by Gasteiger charge is -2.13. The molecular formula is C23H23F3N4O2S. The van der Waals surface area contributed by atoms with Crippen molar-refractivity contribution in [1.82, 2.24) is 14.8 Å². The lowest BCUT2D eigenvalue weighted by atomic mass is 10.2. The van der Waals surface area contributed by atoms with Crippen LogP contribution in [-0.2, 0) is 18.0 Å². The number of aromatic nitrogens is 3. The molecule has 1 heterocycles. The molecule has 1 N–H and O–H groups in total.